The number of nitrogens with zero attached hydrogens (tertiary/aromatic N) is 2. The molecule has 0 aliphatic rings. The molecule has 0 bridgehead atoms. The number of thiophene rings is 1. The summed E-state index contributed by atoms with van der Waals surface area (Å²) in [7, 11) is 0. The number of aromatic nitrogens is 2. The van der Waals surface area contributed by atoms with Crippen LogP contribution in [0.15, 0.2) is 48.0 Å². The van der Waals surface area contributed by atoms with Gasteiger partial charge in [-0.2, -0.15) is 5.10 Å². The van der Waals surface area contributed by atoms with E-state index in [1.807, 2.05) is 55.6 Å². The van der Waals surface area contributed by atoms with Crippen LogP contribution in [0.3, 0.4) is 0 Å². The van der Waals surface area contributed by atoms with Crippen molar-refractivity contribution in [2.45, 2.75) is 20.5 Å². The molecule has 0 saturated heterocycles. The van der Waals surface area contributed by atoms with Crippen LogP contribution in [0.4, 0.5) is 0 Å². The van der Waals surface area contributed by atoms with Gasteiger partial charge in [0, 0.05) is 4.88 Å². The molecular formula is C17H16N2O2S. The number of hydrogen-bond donors (Lipinski definition) is 0. The van der Waals surface area contributed by atoms with Crippen molar-refractivity contribution < 1.29 is 9.53 Å². The summed E-state index contributed by atoms with van der Waals surface area (Å²) in [5, 5.41) is 6.29. The fourth-order valence-electron chi connectivity index (χ4n) is 2.26. The van der Waals surface area contributed by atoms with Gasteiger partial charge < -0.3 is 4.74 Å². The molecule has 1 aromatic carbocycles. The topological polar surface area (TPSA) is 44.1 Å². The number of carbonyl (C=O) groups excluding carboxylic acids is 1. The molecule has 0 atom stereocenters. The number of esters is 1. The normalized spacial score (nSPS) is 10.6. The Labute approximate surface area is 133 Å². The van der Waals surface area contributed by atoms with Crippen LogP contribution in [0.5, 0.6) is 0 Å². The smallest absolute Gasteiger partial charge is 0.341 e. The summed E-state index contributed by atoms with van der Waals surface area (Å²) >= 11 is 1.57. The first-order chi connectivity index (χ1) is 10.7. The van der Waals surface area contributed by atoms with Gasteiger partial charge in [0.1, 0.15) is 12.2 Å². The molecule has 0 spiro atoms. The van der Waals surface area contributed by atoms with Gasteiger partial charge in [0.2, 0.25) is 0 Å². The average molecular weight is 312 g/mol. The van der Waals surface area contributed by atoms with Gasteiger partial charge in [0.15, 0.2) is 0 Å². The monoisotopic (exact) mass is 312 g/mol. The highest BCUT2D eigenvalue weighted by molar-refractivity contribution is 7.09. The van der Waals surface area contributed by atoms with Crippen molar-refractivity contribution in [3.63, 3.8) is 0 Å². The van der Waals surface area contributed by atoms with E-state index in [2.05, 4.69) is 5.10 Å². The summed E-state index contributed by atoms with van der Waals surface area (Å²) in [4.78, 5) is 13.2. The summed E-state index contributed by atoms with van der Waals surface area (Å²) in [5.74, 6) is -0.342. The maximum absolute atomic E-state index is 12.2. The second-order valence-corrected chi connectivity index (χ2v) is 6.03. The van der Waals surface area contributed by atoms with Gasteiger partial charge in [-0.15, -0.1) is 11.3 Å². The van der Waals surface area contributed by atoms with Crippen molar-refractivity contribution in [3.05, 3.63) is 69.7 Å². The maximum atomic E-state index is 12.2. The Balaban J connectivity index is 1.81. The molecule has 2 heterocycles. The first-order valence-electron chi connectivity index (χ1n) is 6.97. The molecule has 0 aliphatic heterocycles. The lowest BCUT2D eigenvalue weighted by Gasteiger charge is -2.08. The number of para-hydroxylation sites is 1. The van der Waals surface area contributed by atoms with Gasteiger partial charge in [-0.05, 0) is 36.9 Å². The van der Waals surface area contributed by atoms with Crippen LogP contribution >= 0.6 is 11.3 Å². The lowest BCUT2D eigenvalue weighted by molar-refractivity contribution is 0.0476. The van der Waals surface area contributed by atoms with E-state index >= 15 is 0 Å². The SMILES string of the molecule is Cc1ccccc1-n1ncc(C(=O)OCc2cccs2)c1C. The number of benzene rings is 1. The summed E-state index contributed by atoms with van der Waals surface area (Å²) in [5.41, 5.74) is 3.36. The first kappa shape index (κ1) is 14.5. The summed E-state index contributed by atoms with van der Waals surface area (Å²) in [6, 6.07) is 11.8. The fraction of sp³-hybridized carbons (Fsp3) is 0.176. The molecular weight excluding hydrogens is 296 g/mol. The van der Waals surface area contributed by atoms with Crippen LogP contribution in [-0.2, 0) is 11.3 Å². The Morgan fingerprint density at radius 3 is 2.77 bits per heavy atom. The minimum Gasteiger partial charge on any atom is -0.456 e. The standard InChI is InChI=1S/C17H16N2O2S/c1-12-6-3-4-8-16(12)19-13(2)15(10-18-19)17(20)21-11-14-7-5-9-22-14/h3-10H,11H2,1-2H3. The van der Waals surface area contributed by atoms with Crippen molar-refractivity contribution in [2.24, 2.45) is 0 Å². The average Bonchev–Trinajstić information content (AvgIpc) is 3.15. The Bertz CT molecular complexity index is 791. The molecule has 22 heavy (non-hydrogen) atoms. The van der Waals surface area contributed by atoms with E-state index in [0.29, 0.717) is 12.2 Å². The van der Waals surface area contributed by atoms with E-state index in [9.17, 15) is 4.79 Å². The van der Waals surface area contributed by atoms with Gasteiger partial charge in [0.05, 0.1) is 17.6 Å². The Morgan fingerprint density at radius 2 is 2.05 bits per heavy atom. The van der Waals surface area contributed by atoms with E-state index in [0.717, 1.165) is 21.8 Å². The summed E-state index contributed by atoms with van der Waals surface area (Å²) in [6.07, 6.45) is 1.57. The van der Waals surface area contributed by atoms with Crippen LogP contribution in [0.25, 0.3) is 5.69 Å². The molecule has 4 nitrogen and oxygen atoms in total. The van der Waals surface area contributed by atoms with Crippen LogP contribution in [0.2, 0.25) is 0 Å². The zero-order valence-electron chi connectivity index (χ0n) is 12.4. The third-order valence-electron chi connectivity index (χ3n) is 3.50. The lowest BCUT2D eigenvalue weighted by Crippen LogP contribution is -2.07. The third kappa shape index (κ3) is 2.80. The van der Waals surface area contributed by atoms with Crippen molar-refractivity contribution in [1.29, 1.82) is 0 Å². The molecule has 5 heteroatoms. The molecule has 0 radical (unpaired) electrons. The Kier molecular flexibility index (Phi) is 4.06. The van der Waals surface area contributed by atoms with Crippen molar-refractivity contribution in [1.82, 2.24) is 9.78 Å². The Morgan fingerprint density at radius 1 is 1.23 bits per heavy atom. The second-order valence-electron chi connectivity index (χ2n) is 5.00. The van der Waals surface area contributed by atoms with E-state index in [1.54, 1.807) is 22.2 Å². The van der Waals surface area contributed by atoms with E-state index < -0.39 is 0 Å². The zero-order chi connectivity index (χ0) is 15.5. The predicted molar refractivity (Wildman–Crippen MR) is 86.5 cm³/mol. The molecule has 0 amide bonds. The van der Waals surface area contributed by atoms with Crippen LogP contribution in [0.1, 0.15) is 26.5 Å². The largest absolute Gasteiger partial charge is 0.456 e. The number of ether oxygens (including phenoxy) is 1. The Hall–Kier alpha value is -2.40. The third-order valence-corrected chi connectivity index (χ3v) is 4.35. The molecule has 3 aromatic rings. The molecule has 0 fully saturated rings. The first-order valence-corrected chi connectivity index (χ1v) is 7.85. The molecule has 3 rings (SSSR count). The quantitative estimate of drug-likeness (QED) is 0.686. The number of aryl methyl sites for hydroxylation is 1. The van der Waals surface area contributed by atoms with E-state index in [4.69, 9.17) is 4.74 Å². The fourth-order valence-corrected chi connectivity index (χ4v) is 2.88. The van der Waals surface area contributed by atoms with Crippen LogP contribution < -0.4 is 0 Å². The van der Waals surface area contributed by atoms with Gasteiger partial charge in [-0.25, -0.2) is 9.48 Å². The van der Waals surface area contributed by atoms with Gasteiger partial charge in [-0.3, -0.25) is 0 Å². The predicted octanol–water partition coefficient (Wildman–Crippen LogP) is 3.91. The van der Waals surface area contributed by atoms with Gasteiger partial charge >= 0.3 is 5.97 Å². The highest BCUT2D eigenvalue weighted by Crippen LogP contribution is 2.19. The maximum Gasteiger partial charge on any atom is 0.341 e. The van der Waals surface area contributed by atoms with Gasteiger partial charge in [0.25, 0.3) is 0 Å². The van der Waals surface area contributed by atoms with Crippen molar-refractivity contribution in [2.75, 3.05) is 0 Å². The van der Waals surface area contributed by atoms with Gasteiger partial charge in [-0.1, -0.05) is 24.3 Å². The van der Waals surface area contributed by atoms with E-state index in [1.165, 1.54) is 0 Å². The molecule has 0 aliphatic carbocycles. The number of carbonyl (C=O) groups is 1. The molecule has 2 aromatic heterocycles. The summed E-state index contributed by atoms with van der Waals surface area (Å²) < 4.78 is 7.13. The number of rotatable bonds is 4. The molecule has 112 valence electrons. The van der Waals surface area contributed by atoms with Crippen LogP contribution in [-0.4, -0.2) is 15.7 Å². The summed E-state index contributed by atoms with van der Waals surface area (Å²) in [6.45, 7) is 4.19. The van der Waals surface area contributed by atoms with E-state index in [-0.39, 0.29) is 5.97 Å². The highest BCUT2D eigenvalue weighted by Gasteiger charge is 2.17. The highest BCUT2D eigenvalue weighted by atomic mass is 32.1. The minimum absolute atomic E-state index is 0.297. The van der Waals surface area contributed by atoms with Crippen molar-refractivity contribution >= 4 is 17.3 Å². The van der Waals surface area contributed by atoms with Crippen molar-refractivity contribution in [3.8, 4) is 5.69 Å². The second kappa shape index (κ2) is 6.15. The lowest BCUT2D eigenvalue weighted by atomic mass is 10.2. The minimum atomic E-state index is -0.342. The zero-order valence-corrected chi connectivity index (χ0v) is 13.3. The molecule has 0 saturated carbocycles. The molecule has 0 unspecified atom stereocenters. The molecule has 0 N–H and O–H groups in total. The number of hydrogen-bond acceptors (Lipinski definition) is 4. The van der Waals surface area contributed by atoms with Crippen LogP contribution in [0, 0.1) is 13.8 Å².